The number of H-pyrrole nitrogens is 1. The smallest absolute Gasteiger partial charge is 0.280 e. The van der Waals surface area contributed by atoms with Gasteiger partial charge in [0.05, 0.1) is 24.9 Å². The zero-order valence-electron chi connectivity index (χ0n) is 19.5. The number of amidine groups is 1. The van der Waals surface area contributed by atoms with Gasteiger partial charge >= 0.3 is 0 Å². The Labute approximate surface area is 218 Å². The molecule has 1 aromatic carbocycles. The van der Waals surface area contributed by atoms with E-state index in [0.717, 1.165) is 24.0 Å². The minimum Gasteiger partial charge on any atom is -0.494 e. The second-order valence-corrected chi connectivity index (χ2v) is 8.75. The number of allylic oxidation sites excluding steroid dienone is 1. The molecule has 2 aliphatic heterocycles. The number of rotatable bonds is 4. The highest BCUT2D eigenvalue weighted by atomic mass is 32.2. The van der Waals surface area contributed by atoms with Gasteiger partial charge in [-0.05, 0) is 59.5 Å². The number of nitriles is 1. The minimum atomic E-state index is -2.83. The van der Waals surface area contributed by atoms with Crippen molar-refractivity contribution >= 4 is 27.9 Å². The van der Waals surface area contributed by atoms with E-state index in [1.807, 2.05) is 6.07 Å². The van der Waals surface area contributed by atoms with E-state index in [1.54, 1.807) is 18.5 Å². The number of ether oxygens (including phenoxy) is 1. The van der Waals surface area contributed by atoms with Gasteiger partial charge in [-0.3, -0.25) is 14.9 Å². The molecule has 5 rings (SSSR count). The van der Waals surface area contributed by atoms with Crippen molar-refractivity contribution in [3.05, 3.63) is 77.1 Å². The molecule has 1 amide bonds. The molecular weight excluding hydrogens is 514 g/mol. The van der Waals surface area contributed by atoms with Crippen LogP contribution in [0.5, 0.6) is 5.75 Å². The zero-order chi connectivity index (χ0) is 26.6. The lowest BCUT2D eigenvalue weighted by Gasteiger charge is -2.14. The first kappa shape index (κ1) is 24.7. The van der Waals surface area contributed by atoms with Gasteiger partial charge in [0.2, 0.25) is 0 Å². The Balaban J connectivity index is 1.40. The Morgan fingerprint density at radius 2 is 2.11 bits per heavy atom. The molecule has 3 aromatic rings. The Morgan fingerprint density at radius 3 is 2.84 bits per heavy atom. The maximum Gasteiger partial charge on any atom is 0.280 e. The van der Waals surface area contributed by atoms with Gasteiger partial charge in [0.25, 0.3) is 12.3 Å². The van der Waals surface area contributed by atoms with E-state index >= 15 is 0 Å². The summed E-state index contributed by atoms with van der Waals surface area (Å²) in [6.45, 7) is 0. The van der Waals surface area contributed by atoms with Crippen LogP contribution in [0, 0.1) is 23.2 Å². The normalized spacial score (nSPS) is 15.7. The molecule has 0 saturated heterocycles. The van der Waals surface area contributed by atoms with Crippen LogP contribution in [0.1, 0.15) is 33.7 Å². The van der Waals surface area contributed by atoms with Crippen molar-refractivity contribution in [1.29, 1.82) is 5.26 Å². The number of hydrogen-bond donors (Lipinski definition) is 3. The summed E-state index contributed by atoms with van der Waals surface area (Å²) in [6, 6.07) is 9.21. The molecule has 2 aliphatic rings. The number of nitrogens with one attached hydrogen (secondary N) is 3. The zero-order valence-corrected chi connectivity index (χ0v) is 20.3. The third-order valence-corrected chi connectivity index (χ3v) is 6.28. The average molecular weight is 531 g/mol. The van der Waals surface area contributed by atoms with Gasteiger partial charge in [0.1, 0.15) is 27.9 Å². The van der Waals surface area contributed by atoms with Crippen molar-refractivity contribution in [3.8, 4) is 34.8 Å². The number of carbonyl (C=O) groups is 1. The highest BCUT2D eigenvalue weighted by Crippen LogP contribution is 2.35. The molecule has 0 radical (unpaired) electrons. The van der Waals surface area contributed by atoms with Gasteiger partial charge < -0.3 is 15.4 Å². The molecule has 1 unspecified atom stereocenters. The van der Waals surface area contributed by atoms with Crippen molar-refractivity contribution in [2.45, 2.75) is 12.6 Å². The quantitative estimate of drug-likeness (QED) is 0.440. The fourth-order valence-electron chi connectivity index (χ4n) is 3.58. The Bertz CT molecular complexity index is 1610. The van der Waals surface area contributed by atoms with Crippen molar-refractivity contribution < 1.29 is 18.3 Å². The maximum absolute atomic E-state index is 13.4. The van der Waals surface area contributed by atoms with Crippen molar-refractivity contribution in [2.24, 2.45) is 9.98 Å². The molecule has 3 N–H and O–H groups in total. The lowest BCUT2D eigenvalue weighted by Crippen LogP contribution is -2.30. The van der Waals surface area contributed by atoms with Gasteiger partial charge in [-0.15, -0.1) is 0 Å². The Kier molecular flexibility index (Phi) is 6.84. The number of thioether (sulfide) groups is 1. The number of methoxy groups -OCH3 is 1. The molecule has 0 bridgehead atoms. The van der Waals surface area contributed by atoms with Gasteiger partial charge in [-0.25, -0.2) is 18.8 Å². The minimum absolute atomic E-state index is 0.131. The lowest BCUT2D eigenvalue weighted by molar-refractivity contribution is 0.0978. The van der Waals surface area contributed by atoms with E-state index in [1.165, 1.54) is 25.3 Å². The second-order valence-electron chi connectivity index (χ2n) is 7.74. The van der Waals surface area contributed by atoms with E-state index in [2.05, 4.69) is 47.6 Å². The molecule has 4 heterocycles. The number of pyridine rings is 1. The highest BCUT2D eigenvalue weighted by Gasteiger charge is 2.29. The molecule has 188 valence electrons. The SMILES string of the molecule is COc1cnc(C(F)F)cc1-c1cc(C#N)ccc1C(=O)NC1=NC2NC=C(C#Cc3ccn[nH]3)N=C2S1. The fourth-order valence-corrected chi connectivity index (χ4v) is 4.46. The standard InChI is InChI=1S/C25H16F2N8O2S/c1-37-20-12-29-19(21(26)27)9-18(20)17-8-13(10-28)2-5-16(17)23(36)34-25-33-22-24(38-25)32-15(11-30-22)4-3-14-6-7-31-35-14/h2,5-9,11-12,21-22,30H,1H3,(H,31,35)(H,33,34,36). The van der Waals surface area contributed by atoms with Crippen molar-refractivity contribution in [3.63, 3.8) is 0 Å². The average Bonchev–Trinajstić information content (AvgIpc) is 3.60. The summed E-state index contributed by atoms with van der Waals surface area (Å²) in [5, 5.41) is 22.7. The van der Waals surface area contributed by atoms with Gasteiger partial charge in [0.15, 0.2) is 11.3 Å². The number of hydrogen-bond acceptors (Lipinski definition) is 9. The van der Waals surface area contributed by atoms with Crippen molar-refractivity contribution in [2.75, 3.05) is 7.11 Å². The number of nitrogens with zero attached hydrogens (tertiary/aromatic N) is 5. The van der Waals surface area contributed by atoms with E-state index < -0.39 is 24.2 Å². The molecule has 0 spiro atoms. The van der Waals surface area contributed by atoms with Gasteiger partial charge in [0, 0.05) is 23.5 Å². The number of aromatic nitrogens is 3. The number of carbonyl (C=O) groups excluding carboxylic acids is 1. The first-order valence-corrected chi connectivity index (χ1v) is 11.8. The van der Waals surface area contributed by atoms with E-state index in [-0.39, 0.29) is 33.2 Å². The second kappa shape index (κ2) is 10.5. The first-order chi connectivity index (χ1) is 18.4. The number of aromatic amines is 1. The molecule has 2 aromatic heterocycles. The van der Waals surface area contributed by atoms with Crippen LogP contribution in [0.4, 0.5) is 8.78 Å². The van der Waals surface area contributed by atoms with E-state index in [4.69, 9.17) is 4.74 Å². The Morgan fingerprint density at radius 1 is 1.24 bits per heavy atom. The predicted molar refractivity (Wildman–Crippen MR) is 136 cm³/mol. The topological polar surface area (TPSA) is 140 Å². The third kappa shape index (κ3) is 5.09. The number of aliphatic imine (C=N–C) groups is 2. The molecule has 0 saturated carbocycles. The van der Waals surface area contributed by atoms with Crippen LogP contribution in [0.15, 0.2) is 64.6 Å². The van der Waals surface area contributed by atoms with Crippen LogP contribution in [-0.2, 0) is 0 Å². The number of benzene rings is 1. The predicted octanol–water partition coefficient (Wildman–Crippen LogP) is 3.34. The summed E-state index contributed by atoms with van der Waals surface area (Å²) < 4.78 is 32.1. The molecule has 10 nitrogen and oxygen atoms in total. The number of alkyl halides is 2. The van der Waals surface area contributed by atoms with Crippen molar-refractivity contribution in [1.82, 2.24) is 25.8 Å². The third-order valence-electron chi connectivity index (χ3n) is 5.35. The number of amides is 1. The molecule has 1 atom stereocenters. The lowest BCUT2D eigenvalue weighted by atomic mass is 9.96. The fraction of sp³-hybridized carbons (Fsp3) is 0.120. The van der Waals surface area contributed by atoms with Crippen LogP contribution in [-0.4, -0.2) is 44.6 Å². The number of fused-ring (bicyclic) bond motifs is 1. The summed E-state index contributed by atoms with van der Waals surface area (Å²) in [4.78, 5) is 25.9. The van der Waals surface area contributed by atoms with Crippen LogP contribution < -0.4 is 15.4 Å². The van der Waals surface area contributed by atoms with E-state index in [9.17, 15) is 18.8 Å². The summed E-state index contributed by atoms with van der Waals surface area (Å²) in [5.41, 5.74) is 1.43. The Hall–Kier alpha value is -5.01. The van der Waals surface area contributed by atoms with E-state index in [0.29, 0.717) is 16.4 Å². The van der Waals surface area contributed by atoms with Gasteiger partial charge in [-0.1, -0.05) is 0 Å². The first-order valence-electron chi connectivity index (χ1n) is 10.9. The number of halogens is 2. The monoisotopic (exact) mass is 530 g/mol. The molecule has 0 aliphatic carbocycles. The van der Waals surface area contributed by atoms with Gasteiger partial charge in [-0.2, -0.15) is 10.4 Å². The van der Waals surface area contributed by atoms with Crippen LogP contribution >= 0.6 is 11.8 Å². The van der Waals surface area contributed by atoms with Crippen LogP contribution in [0.3, 0.4) is 0 Å². The largest absolute Gasteiger partial charge is 0.494 e. The summed E-state index contributed by atoms with van der Waals surface area (Å²) in [5.74, 6) is 5.44. The van der Waals surface area contributed by atoms with Crippen LogP contribution in [0.2, 0.25) is 0 Å². The molecule has 0 fully saturated rings. The van der Waals surface area contributed by atoms with Crippen LogP contribution in [0.25, 0.3) is 11.1 Å². The highest BCUT2D eigenvalue weighted by molar-refractivity contribution is 8.27. The molecule has 38 heavy (non-hydrogen) atoms. The molecular formula is C25H16F2N8O2S. The molecule has 13 heteroatoms. The summed E-state index contributed by atoms with van der Waals surface area (Å²) in [7, 11) is 1.36. The summed E-state index contributed by atoms with van der Waals surface area (Å²) in [6.07, 6.45) is 1.06. The summed E-state index contributed by atoms with van der Waals surface area (Å²) >= 11 is 1.16. The maximum atomic E-state index is 13.4.